The van der Waals surface area contributed by atoms with Crippen LogP contribution in [0.2, 0.25) is 0 Å². The zero-order chi connectivity index (χ0) is 16.6. The fraction of sp³-hybridized carbons (Fsp3) is 0.278. The van der Waals surface area contributed by atoms with Crippen molar-refractivity contribution in [1.82, 2.24) is 14.6 Å². The number of rotatable bonds is 4. The molecule has 23 heavy (non-hydrogen) atoms. The minimum absolute atomic E-state index is 0.109. The summed E-state index contributed by atoms with van der Waals surface area (Å²) in [6.07, 6.45) is 1.68. The fourth-order valence-corrected chi connectivity index (χ4v) is 2.97. The van der Waals surface area contributed by atoms with Crippen molar-refractivity contribution in [3.63, 3.8) is 0 Å². The SMILES string of the molecule is CCCc1c(C)c(C(=O)O)nc2c(-c3ccccc3)c(C)nn12. The minimum Gasteiger partial charge on any atom is -0.477 e. The molecule has 0 atom stereocenters. The minimum atomic E-state index is -1.000. The molecule has 118 valence electrons. The van der Waals surface area contributed by atoms with Gasteiger partial charge in [0.2, 0.25) is 0 Å². The maximum atomic E-state index is 11.6. The molecule has 5 nitrogen and oxygen atoms in total. The van der Waals surface area contributed by atoms with E-state index in [2.05, 4.69) is 17.0 Å². The summed E-state index contributed by atoms with van der Waals surface area (Å²) in [6, 6.07) is 9.85. The quantitative estimate of drug-likeness (QED) is 0.798. The second-order valence-electron chi connectivity index (χ2n) is 5.65. The Morgan fingerprint density at radius 1 is 1.22 bits per heavy atom. The first-order valence-electron chi connectivity index (χ1n) is 7.72. The molecule has 0 radical (unpaired) electrons. The van der Waals surface area contributed by atoms with Gasteiger partial charge in [-0.05, 0) is 25.8 Å². The molecule has 0 saturated heterocycles. The second-order valence-corrected chi connectivity index (χ2v) is 5.65. The van der Waals surface area contributed by atoms with Gasteiger partial charge in [0, 0.05) is 16.8 Å². The lowest BCUT2D eigenvalue weighted by Gasteiger charge is -2.10. The molecule has 0 fully saturated rings. The van der Waals surface area contributed by atoms with E-state index in [0.717, 1.165) is 35.4 Å². The summed E-state index contributed by atoms with van der Waals surface area (Å²) in [7, 11) is 0. The topological polar surface area (TPSA) is 67.5 Å². The second kappa shape index (κ2) is 5.83. The van der Waals surface area contributed by atoms with Crippen molar-refractivity contribution in [3.8, 4) is 11.1 Å². The third-order valence-corrected chi connectivity index (χ3v) is 4.05. The number of carboxylic acid groups (broad SMARTS) is 1. The summed E-state index contributed by atoms with van der Waals surface area (Å²) in [5, 5.41) is 14.1. The molecule has 2 heterocycles. The van der Waals surface area contributed by atoms with Crippen molar-refractivity contribution in [2.45, 2.75) is 33.6 Å². The summed E-state index contributed by atoms with van der Waals surface area (Å²) in [5.41, 5.74) is 5.07. The first-order valence-corrected chi connectivity index (χ1v) is 7.72. The van der Waals surface area contributed by atoms with Crippen LogP contribution in [0, 0.1) is 13.8 Å². The molecular formula is C18H19N3O2. The number of benzene rings is 1. The van der Waals surface area contributed by atoms with Crippen LogP contribution < -0.4 is 0 Å². The maximum Gasteiger partial charge on any atom is 0.354 e. The van der Waals surface area contributed by atoms with Gasteiger partial charge in [-0.1, -0.05) is 43.7 Å². The highest BCUT2D eigenvalue weighted by Gasteiger charge is 2.21. The molecule has 0 spiro atoms. The molecular weight excluding hydrogens is 290 g/mol. The van der Waals surface area contributed by atoms with Crippen molar-refractivity contribution in [3.05, 3.63) is 53.0 Å². The van der Waals surface area contributed by atoms with E-state index in [1.807, 2.05) is 41.8 Å². The summed E-state index contributed by atoms with van der Waals surface area (Å²) >= 11 is 0. The molecule has 1 N–H and O–H groups in total. The van der Waals surface area contributed by atoms with Gasteiger partial charge in [0.1, 0.15) is 0 Å². The Balaban J connectivity index is 2.40. The number of hydrogen-bond acceptors (Lipinski definition) is 3. The highest BCUT2D eigenvalue weighted by atomic mass is 16.4. The third kappa shape index (κ3) is 2.48. The number of hydrogen-bond donors (Lipinski definition) is 1. The third-order valence-electron chi connectivity index (χ3n) is 4.05. The van der Waals surface area contributed by atoms with Crippen molar-refractivity contribution in [2.75, 3.05) is 0 Å². The molecule has 0 amide bonds. The Bertz CT molecular complexity index is 882. The monoisotopic (exact) mass is 309 g/mol. The van der Waals surface area contributed by atoms with E-state index in [0.29, 0.717) is 11.2 Å². The van der Waals surface area contributed by atoms with E-state index in [-0.39, 0.29) is 5.69 Å². The van der Waals surface area contributed by atoms with Crippen molar-refractivity contribution in [2.24, 2.45) is 0 Å². The summed E-state index contributed by atoms with van der Waals surface area (Å²) in [6.45, 7) is 5.81. The highest BCUT2D eigenvalue weighted by Crippen LogP contribution is 2.29. The molecule has 3 aromatic rings. The molecule has 0 saturated carbocycles. The van der Waals surface area contributed by atoms with Crippen LogP contribution in [-0.2, 0) is 6.42 Å². The zero-order valence-electron chi connectivity index (χ0n) is 13.5. The first-order chi connectivity index (χ1) is 11.0. The number of carboxylic acids is 1. The molecule has 0 aliphatic heterocycles. The van der Waals surface area contributed by atoms with Crippen LogP contribution in [0.1, 0.15) is 40.8 Å². The van der Waals surface area contributed by atoms with Crippen molar-refractivity contribution in [1.29, 1.82) is 0 Å². The van der Waals surface area contributed by atoms with Gasteiger partial charge in [-0.3, -0.25) is 0 Å². The van der Waals surface area contributed by atoms with E-state index in [1.54, 1.807) is 6.92 Å². The number of aromatic nitrogens is 3. The first kappa shape index (κ1) is 15.2. The smallest absolute Gasteiger partial charge is 0.354 e. The van der Waals surface area contributed by atoms with Crippen LogP contribution in [0.5, 0.6) is 0 Å². The van der Waals surface area contributed by atoms with Crippen LogP contribution in [0.3, 0.4) is 0 Å². The van der Waals surface area contributed by atoms with E-state index in [4.69, 9.17) is 0 Å². The van der Waals surface area contributed by atoms with Crippen LogP contribution in [0.4, 0.5) is 0 Å². The van der Waals surface area contributed by atoms with Gasteiger partial charge in [0.05, 0.1) is 5.69 Å². The number of carbonyl (C=O) groups is 1. The average molecular weight is 309 g/mol. The average Bonchev–Trinajstić information content (AvgIpc) is 2.86. The number of aryl methyl sites for hydroxylation is 2. The predicted molar refractivity (Wildman–Crippen MR) is 88.9 cm³/mol. The predicted octanol–water partition coefficient (Wildman–Crippen LogP) is 3.66. The normalized spacial score (nSPS) is 11.1. The van der Waals surface area contributed by atoms with E-state index < -0.39 is 5.97 Å². The van der Waals surface area contributed by atoms with E-state index in [1.165, 1.54) is 0 Å². The van der Waals surface area contributed by atoms with Crippen molar-refractivity contribution >= 4 is 11.6 Å². The van der Waals surface area contributed by atoms with Gasteiger partial charge >= 0.3 is 5.97 Å². The number of aromatic carboxylic acids is 1. The maximum absolute atomic E-state index is 11.6. The number of fused-ring (bicyclic) bond motifs is 1. The van der Waals surface area contributed by atoms with E-state index in [9.17, 15) is 9.90 Å². The van der Waals surface area contributed by atoms with Gasteiger partial charge in [-0.25, -0.2) is 14.3 Å². The van der Waals surface area contributed by atoms with Gasteiger partial charge in [-0.15, -0.1) is 0 Å². The lowest BCUT2D eigenvalue weighted by Crippen LogP contribution is -2.12. The van der Waals surface area contributed by atoms with Gasteiger partial charge < -0.3 is 5.11 Å². The molecule has 5 heteroatoms. The Hall–Kier alpha value is -2.69. The lowest BCUT2D eigenvalue weighted by atomic mass is 10.1. The van der Waals surface area contributed by atoms with Crippen LogP contribution >= 0.6 is 0 Å². The summed E-state index contributed by atoms with van der Waals surface area (Å²) < 4.78 is 1.81. The Kier molecular flexibility index (Phi) is 3.86. The molecule has 1 aromatic carbocycles. The van der Waals surface area contributed by atoms with Gasteiger partial charge in [-0.2, -0.15) is 5.10 Å². The number of nitrogens with zero attached hydrogens (tertiary/aromatic N) is 3. The van der Waals surface area contributed by atoms with Crippen LogP contribution in [0.25, 0.3) is 16.8 Å². The van der Waals surface area contributed by atoms with Gasteiger partial charge in [0.15, 0.2) is 11.3 Å². The van der Waals surface area contributed by atoms with Crippen LogP contribution in [0.15, 0.2) is 30.3 Å². The van der Waals surface area contributed by atoms with Gasteiger partial charge in [0.25, 0.3) is 0 Å². The highest BCUT2D eigenvalue weighted by molar-refractivity contribution is 5.90. The van der Waals surface area contributed by atoms with E-state index >= 15 is 0 Å². The van der Waals surface area contributed by atoms with Crippen molar-refractivity contribution < 1.29 is 9.90 Å². The molecule has 0 aliphatic carbocycles. The molecule has 0 aliphatic rings. The molecule has 3 rings (SSSR count). The Morgan fingerprint density at radius 3 is 2.52 bits per heavy atom. The molecule has 0 unspecified atom stereocenters. The lowest BCUT2D eigenvalue weighted by molar-refractivity contribution is 0.0689. The van der Waals surface area contributed by atoms with Crippen LogP contribution in [-0.4, -0.2) is 25.7 Å². The fourth-order valence-electron chi connectivity index (χ4n) is 2.97. The molecule has 2 aromatic heterocycles. The standard InChI is InChI=1S/C18H19N3O2/c1-4-8-14-11(2)16(18(22)23)19-17-15(12(3)20-21(14)17)13-9-6-5-7-10-13/h5-7,9-10H,4,8H2,1-3H3,(H,22,23). The summed E-state index contributed by atoms with van der Waals surface area (Å²) in [4.78, 5) is 16.0. The Labute approximate surface area is 134 Å². The zero-order valence-corrected chi connectivity index (χ0v) is 13.5. The Morgan fingerprint density at radius 2 is 1.91 bits per heavy atom. The molecule has 0 bridgehead atoms. The largest absolute Gasteiger partial charge is 0.477 e. The summed E-state index contributed by atoms with van der Waals surface area (Å²) in [5.74, 6) is -1.000.